The quantitative estimate of drug-likeness (QED) is 0.889. The molecule has 0 amide bonds. The normalized spacial score (nSPS) is 17.7. The lowest BCUT2D eigenvalue weighted by atomic mass is 9.93. The van der Waals surface area contributed by atoms with Crippen molar-refractivity contribution in [1.82, 2.24) is 14.6 Å². The third-order valence-electron chi connectivity index (χ3n) is 4.60. The summed E-state index contributed by atoms with van der Waals surface area (Å²) >= 11 is 0. The van der Waals surface area contributed by atoms with Crippen molar-refractivity contribution in [3.8, 4) is 0 Å². The summed E-state index contributed by atoms with van der Waals surface area (Å²) < 4.78 is 7.34. The predicted octanol–water partition coefficient (Wildman–Crippen LogP) is 3.30. The third-order valence-corrected chi connectivity index (χ3v) is 4.60. The van der Waals surface area contributed by atoms with Gasteiger partial charge in [0.2, 0.25) is 0 Å². The van der Waals surface area contributed by atoms with Crippen LogP contribution in [-0.2, 0) is 11.2 Å². The van der Waals surface area contributed by atoms with Crippen LogP contribution < -0.4 is 5.32 Å². The van der Waals surface area contributed by atoms with Crippen LogP contribution in [0.5, 0.6) is 0 Å². The SMILES string of the molecule is CCC(C)Nc1cc(CCC2CCOCC2)c2nccn2n1. The first-order chi connectivity index (χ1) is 10.8. The highest BCUT2D eigenvalue weighted by atomic mass is 16.5. The van der Waals surface area contributed by atoms with Gasteiger partial charge in [-0.15, -0.1) is 5.10 Å². The fourth-order valence-electron chi connectivity index (χ4n) is 2.99. The van der Waals surface area contributed by atoms with Crippen LogP contribution in [0.1, 0.15) is 45.1 Å². The van der Waals surface area contributed by atoms with Crippen LogP contribution in [0.2, 0.25) is 0 Å². The highest BCUT2D eigenvalue weighted by Crippen LogP contribution is 2.23. The number of aromatic nitrogens is 3. The van der Waals surface area contributed by atoms with Gasteiger partial charge in [-0.1, -0.05) is 6.92 Å². The fourth-order valence-corrected chi connectivity index (χ4v) is 2.99. The van der Waals surface area contributed by atoms with E-state index >= 15 is 0 Å². The number of hydrogen-bond donors (Lipinski definition) is 1. The summed E-state index contributed by atoms with van der Waals surface area (Å²) in [5.74, 6) is 1.73. The molecule has 1 atom stereocenters. The molecule has 120 valence electrons. The van der Waals surface area contributed by atoms with Crippen molar-refractivity contribution in [3.63, 3.8) is 0 Å². The Morgan fingerprint density at radius 3 is 3.00 bits per heavy atom. The van der Waals surface area contributed by atoms with Crippen molar-refractivity contribution >= 4 is 11.5 Å². The van der Waals surface area contributed by atoms with Gasteiger partial charge in [0.15, 0.2) is 5.65 Å². The summed E-state index contributed by atoms with van der Waals surface area (Å²) in [7, 11) is 0. The van der Waals surface area contributed by atoms with Crippen molar-refractivity contribution in [1.29, 1.82) is 0 Å². The van der Waals surface area contributed by atoms with Gasteiger partial charge in [-0.3, -0.25) is 0 Å². The summed E-state index contributed by atoms with van der Waals surface area (Å²) in [4.78, 5) is 4.47. The van der Waals surface area contributed by atoms with Gasteiger partial charge in [0.05, 0.1) is 0 Å². The van der Waals surface area contributed by atoms with Crippen LogP contribution in [0.25, 0.3) is 5.65 Å². The molecule has 3 heterocycles. The molecule has 0 aromatic carbocycles. The number of nitrogens with zero attached hydrogens (tertiary/aromatic N) is 3. The number of ether oxygens (including phenoxy) is 1. The van der Waals surface area contributed by atoms with Crippen molar-refractivity contribution in [2.24, 2.45) is 5.92 Å². The largest absolute Gasteiger partial charge is 0.381 e. The molecule has 2 aromatic heterocycles. The molecule has 5 heteroatoms. The predicted molar refractivity (Wildman–Crippen MR) is 88.2 cm³/mol. The molecule has 0 spiro atoms. The van der Waals surface area contributed by atoms with Crippen LogP contribution in [0, 0.1) is 5.92 Å². The van der Waals surface area contributed by atoms with E-state index in [0.717, 1.165) is 43.4 Å². The van der Waals surface area contributed by atoms with Crippen molar-refractivity contribution < 1.29 is 4.74 Å². The van der Waals surface area contributed by atoms with E-state index in [1.54, 1.807) is 0 Å². The molecule has 5 nitrogen and oxygen atoms in total. The summed E-state index contributed by atoms with van der Waals surface area (Å²) in [6.07, 6.45) is 9.48. The number of hydrogen-bond acceptors (Lipinski definition) is 4. The molecule has 3 rings (SSSR count). The lowest BCUT2D eigenvalue weighted by molar-refractivity contribution is 0.0640. The molecule has 1 unspecified atom stereocenters. The maximum atomic E-state index is 5.45. The molecule has 0 saturated carbocycles. The Morgan fingerprint density at radius 2 is 2.23 bits per heavy atom. The Bertz CT molecular complexity index is 604. The second kappa shape index (κ2) is 7.09. The van der Waals surface area contributed by atoms with Gasteiger partial charge in [-0.25, -0.2) is 9.50 Å². The van der Waals surface area contributed by atoms with Crippen molar-refractivity contribution in [2.75, 3.05) is 18.5 Å². The molecule has 1 saturated heterocycles. The second-order valence-electron chi connectivity index (χ2n) is 6.30. The van der Waals surface area contributed by atoms with Crippen LogP contribution in [-0.4, -0.2) is 33.9 Å². The summed E-state index contributed by atoms with van der Waals surface area (Å²) in [6.45, 7) is 6.20. The average molecular weight is 302 g/mol. The topological polar surface area (TPSA) is 51.5 Å². The standard InChI is InChI=1S/C17H26N4O/c1-3-13(2)19-16-12-15(17-18-8-9-21(17)20-16)5-4-14-6-10-22-11-7-14/h8-9,12-14H,3-7,10-11H2,1-2H3,(H,19,20). The van der Waals surface area contributed by atoms with E-state index in [1.807, 2.05) is 16.9 Å². The van der Waals surface area contributed by atoms with Crippen molar-refractivity contribution in [3.05, 3.63) is 24.0 Å². The Labute approximate surface area is 132 Å². The van der Waals surface area contributed by atoms with Gasteiger partial charge in [0, 0.05) is 37.2 Å². The average Bonchev–Trinajstić information content (AvgIpc) is 3.02. The highest BCUT2D eigenvalue weighted by molar-refractivity contribution is 5.52. The number of fused-ring (bicyclic) bond motifs is 1. The first kappa shape index (κ1) is 15.3. The first-order valence-corrected chi connectivity index (χ1v) is 8.43. The molecule has 22 heavy (non-hydrogen) atoms. The number of rotatable bonds is 6. The molecule has 1 aliphatic heterocycles. The van der Waals surface area contributed by atoms with Gasteiger partial charge in [-0.05, 0) is 51.0 Å². The summed E-state index contributed by atoms with van der Waals surface area (Å²) in [6, 6.07) is 2.60. The van der Waals surface area contributed by atoms with Gasteiger partial charge in [0.1, 0.15) is 5.82 Å². The molecular weight excluding hydrogens is 276 g/mol. The van der Waals surface area contributed by atoms with E-state index in [4.69, 9.17) is 4.74 Å². The Balaban J connectivity index is 1.75. The number of aryl methyl sites for hydroxylation is 1. The van der Waals surface area contributed by atoms with Crippen LogP contribution in [0.4, 0.5) is 5.82 Å². The zero-order chi connectivity index (χ0) is 15.4. The second-order valence-corrected chi connectivity index (χ2v) is 6.30. The summed E-state index contributed by atoms with van der Waals surface area (Å²) in [5.41, 5.74) is 2.28. The van der Waals surface area contributed by atoms with E-state index in [-0.39, 0.29) is 0 Å². The van der Waals surface area contributed by atoms with E-state index in [0.29, 0.717) is 6.04 Å². The minimum absolute atomic E-state index is 0.428. The van der Waals surface area contributed by atoms with E-state index < -0.39 is 0 Å². The van der Waals surface area contributed by atoms with E-state index in [1.165, 1.54) is 24.8 Å². The van der Waals surface area contributed by atoms with Gasteiger partial charge < -0.3 is 10.1 Å². The van der Waals surface area contributed by atoms with Crippen LogP contribution in [0.15, 0.2) is 18.5 Å². The van der Waals surface area contributed by atoms with E-state index in [2.05, 4.69) is 35.3 Å². The molecule has 1 aliphatic rings. The van der Waals surface area contributed by atoms with Gasteiger partial charge in [0.25, 0.3) is 0 Å². The molecule has 1 fully saturated rings. The lowest BCUT2D eigenvalue weighted by Crippen LogP contribution is -2.17. The minimum Gasteiger partial charge on any atom is -0.381 e. The molecule has 0 aliphatic carbocycles. The minimum atomic E-state index is 0.428. The Hall–Kier alpha value is -1.62. The maximum absolute atomic E-state index is 5.45. The molecular formula is C17H26N4O. The summed E-state index contributed by atoms with van der Waals surface area (Å²) in [5, 5.41) is 8.07. The number of nitrogens with one attached hydrogen (secondary N) is 1. The zero-order valence-corrected chi connectivity index (χ0v) is 13.6. The van der Waals surface area contributed by atoms with E-state index in [9.17, 15) is 0 Å². The fraction of sp³-hybridized carbons (Fsp3) is 0.647. The molecule has 0 radical (unpaired) electrons. The Morgan fingerprint density at radius 1 is 1.41 bits per heavy atom. The molecule has 0 bridgehead atoms. The van der Waals surface area contributed by atoms with Crippen molar-refractivity contribution in [2.45, 2.75) is 52.0 Å². The zero-order valence-electron chi connectivity index (χ0n) is 13.6. The lowest BCUT2D eigenvalue weighted by Gasteiger charge is -2.22. The first-order valence-electron chi connectivity index (χ1n) is 8.43. The van der Waals surface area contributed by atoms with Crippen LogP contribution >= 0.6 is 0 Å². The number of imidazole rings is 1. The smallest absolute Gasteiger partial charge is 0.156 e. The van der Waals surface area contributed by atoms with Crippen LogP contribution in [0.3, 0.4) is 0 Å². The molecule has 2 aromatic rings. The van der Waals surface area contributed by atoms with Gasteiger partial charge in [-0.2, -0.15) is 0 Å². The third kappa shape index (κ3) is 3.58. The number of anilines is 1. The monoisotopic (exact) mass is 302 g/mol. The van der Waals surface area contributed by atoms with Gasteiger partial charge >= 0.3 is 0 Å². The molecule has 1 N–H and O–H groups in total. The highest BCUT2D eigenvalue weighted by Gasteiger charge is 2.15. The Kier molecular flexibility index (Phi) is 4.93. The maximum Gasteiger partial charge on any atom is 0.156 e.